The summed E-state index contributed by atoms with van der Waals surface area (Å²) in [6.07, 6.45) is 0.846. The normalized spacial score (nSPS) is 19.8. The van der Waals surface area contributed by atoms with Crippen molar-refractivity contribution in [3.63, 3.8) is 0 Å². The minimum Gasteiger partial charge on any atom is -0.454 e. The van der Waals surface area contributed by atoms with Crippen LogP contribution >= 0.6 is 0 Å². The third-order valence-electron chi connectivity index (χ3n) is 7.34. The first kappa shape index (κ1) is 26.0. The van der Waals surface area contributed by atoms with Gasteiger partial charge in [0.2, 0.25) is 24.5 Å². The molecule has 3 aliphatic heterocycles. The van der Waals surface area contributed by atoms with Gasteiger partial charge in [0.15, 0.2) is 11.5 Å². The first-order valence-electron chi connectivity index (χ1n) is 13.3. The van der Waals surface area contributed by atoms with E-state index in [4.69, 9.17) is 9.47 Å². The zero-order chi connectivity index (χ0) is 26.5. The Kier molecular flexibility index (Phi) is 8.09. The lowest BCUT2D eigenvalue weighted by molar-refractivity contribution is -0.145. The largest absolute Gasteiger partial charge is 0.454 e. The molecule has 2 fully saturated rings. The van der Waals surface area contributed by atoms with Crippen LogP contribution in [0.25, 0.3) is 0 Å². The summed E-state index contributed by atoms with van der Waals surface area (Å²) >= 11 is 0. The zero-order valence-corrected chi connectivity index (χ0v) is 21.8. The topological polar surface area (TPSA) is 103 Å². The van der Waals surface area contributed by atoms with Crippen LogP contribution in [0.5, 0.6) is 11.5 Å². The van der Waals surface area contributed by atoms with E-state index in [1.165, 1.54) is 11.1 Å². The molecule has 0 unspecified atom stereocenters. The number of amides is 3. The van der Waals surface area contributed by atoms with Crippen LogP contribution in [0.1, 0.15) is 24.5 Å². The van der Waals surface area contributed by atoms with Gasteiger partial charge in [-0.2, -0.15) is 0 Å². The number of hydrogen-bond donors (Lipinski definition) is 2. The molecule has 0 saturated carbocycles. The van der Waals surface area contributed by atoms with Crippen molar-refractivity contribution in [3.05, 3.63) is 53.6 Å². The van der Waals surface area contributed by atoms with E-state index in [1.807, 2.05) is 36.4 Å². The van der Waals surface area contributed by atoms with Crippen LogP contribution < -0.4 is 20.1 Å². The average molecular weight is 522 g/mol. The fraction of sp³-hybridized carbons (Fsp3) is 0.464. The molecule has 0 aliphatic carbocycles. The lowest BCUT2D eigenvalue weighted by Crippen LogP contribution is -2.60. The Morgan fingerprint density at radius 2 is 1.66 bits per heavy atom. The summed E-state index contributed by atoms with van der Waals surface area (Å²) in [7, 11) is 0. The highest BCUT2D eigenvalue weighted by Crippen LogP contribution is 2.32. The highest BCUT2D eigenvalue weighted by atomic mass is 16.7. The summed E-state index contributed by atoms with van der Waals surface area (Å²) in [5.41, 5.74) is 3.03. The summed E-state index contributed by atoms with van der Waals surface area (Å²) < 4.78 is 10.9. The number of rotatable bonds is 8. The Balaban J connectivity index is 1.11. The molecule has 2 N–H and O–H groups in total. The van der Waals surface area contributed by atoms with Crippen molar-refractivity contribution < 1.29 is 23.9 Å². The van der Waals surface area contributed by atoms with Gasteiger partial charge in [-0.15, -0.1) is 0 Å². The van der Waals surface area contributed by atoms with E-state index in [2.05, 4.69) is 33.4 Å². The summed E-state index contributed by atoms with van der Waals surface area (Å²) in [5.74, 6) is 0.884. The molecule has 0 spiro atoms. The number of hydrogen-bond acceptors (Lipinski definition) is 7. The molecule has 3 amide bonds. The number of benzene rings is 2. The second-order valence-electron chi connectivity index (χ2n) is 9.94. The van der Waals surface area contributed by atoms with Gasteiger partial charge in [-0.05, 0) is 41.8 Å². The first-order chi connectivity index (χ1) is 18.5. The predicted molar refractivity (Wildman–Crippen MR) is 142 cm³/mol. The number of nitrogens with one attached hydrogen (secondary N) is 2. The van der Waals surface area contributed by atoms with E-state index in [9.17, 15) is 14.4 Å². The van der Waals surface area contributed by atoms with Crippen molar-refractivity contribution in [2.45, 2.75) is 32.4 Å². The van der Waals surface area contributed by atoms with Crippen LogP contribution in [0.4, 0.5) is 5.69 Å². The van der Waals surface area contributed by atoms with Gasteiger partial charge in [0.25, 0.3) is 0 Å². The van der Waals surface area contributed by atoms with Crippen molar-refractivity contribution in [3.8, 4) is 11.5 Å². The maximum Gasteiger partial charge on any atom is 0.243 e. The van der Waals surface area contributed by atoms with Crippen LogP contribution in [-0.4, -0.2) is 91.1 Å². The molecule has 38 heavy (non-hydrogen) atoms. The smallest absolute Gasteiger partial charge is 0.243 e. The minimum atomic E-state index is -0.807. The molecule has 10 heteroatoms. The maximum absolute atomic E-state index is 13.2. The van der Waals surface area contributed by atoms with Crippen LogP contribution in [-0.2, 0) is 27.3 Å². The van der Waals surface area contributed by atoms with Crippen molar-refractivity contribution >= 4 is 23.4 Å². The number of ether oxygens (including phenoxy) is 2. The van der Waals surface area contributed by atoms with Gasteiger partial charge in [-0.25, -0.2) is 0 Å². The highest BCUT2D eigenvalue weighted by Gasteiger charge is 2.35. The molecule has 0 radical (unpaired) electrons. The molecule has 3 aliphatic rings. The average Bonchev–Trinajstić information content (AvgIpc) is 3.39. The van der Waals surface area contributed by atoms with E-state index in [-0.39, 0.29) is 37.5 Å². The summed E-state index contributed by atoms with van der Waals surface area (Å²) in [5, 5.41) is 5.65. The predicted octanol–water partition coefficient (Wildman–Crippen LogP) is 1.45. The lowest BCUT2D eigenvalue weighted by atomic mass is 10.1. The third kappa shape index (κ3) is 6.25. The van der Waals surface area contributed by atoms with E-state index < -0.39 is 6.04 Å². The van der Waals surface area contributed by atoms with E-state index in [0.29, 0.717) is 18.8 Å². The quantitative estimate of drug-likeness (QED) is 0.542. The van der Waals surface area contributed by atoms with Gasteiger partial charge in [-0.1, -0.05) is 25.1 Å². The lowest BCUT2D eigenvalue weighted by Gasteiger charge is -2.38. The van der Waals surface area contributed by atoms with Crippen LogP contribution in [0, 0.1) is 0 Å². The number of anilines is 1. The second kappa shape index (κ2) is 11.8. The SMILES string of the molecule is CCc1ccc(NC(=O)C[C@@H]2C(=O)NCCN2C(=O)CN2CCN(Cc3ccc4c(c3)OCO4)CC2)cc1. The molecule has 0 bridgehead atoms. The number of nitrogens with zero attached hydrogens (tertiary/aromatic N) is 3. The monoisotopic (exact) mass is 521 g/mol. The van der Waals surface area contributed by atoms with E-state index in [0.717, 1.165) is 50.6 Å². The second-order valence-corrected chi connectivity index (χ2v) is 9.94. The third-order valence-corrected chi connectivity index (χ3v) is 7.34. The fourth-order valence-electron chi connectivity index (χ4n) is 5.11. The fourth-order valence-corrected chi connectivity index (χ4v) is 5.11. The van der Waals surface area contributed by atoms with Gasteiger partial charge in [-0.3, -0.25) is 24.2 Å². The Labute approximate surface area is 222 Å². The number of carbonyl (C=O) groups is 3. The molecular formula is C28H35N5O5. The van der Waals surface area contributed by atoms with Crippen LogP contribution in [0.15, 0.2) is 42.5 Å². The Morgan fingerprint density at radius 1 is 0.947 bits per heavy atom. The Bertz CT molecular complexity index is 1160. The van der Waals surface area contributed by atoms with Crippen molar-refractivity contribution in [1.82, 2.24) is 20.0 Å². The van der Waals surface area contributed by atoms with Gasteiger partial charge >= 0.3 is 0 Å². The molecule has 2 aromatic rings. The van der Waals surface area contributed by atoms with E-state index >= 15 is 0 Å². The molecular weight excluding hydrogens is 486 g/mol. The van der Waals surface area contributed by atoms with Gasteiger partial charge in [0.1, 0.15) is 6.04 Å². The van der Waals surface area contributed by atoms with Gasteiger partial charge in [0, 0.05) is 51.5 Å². The zero-order valence-electron chi connectivity index (χ0n) is 21.8. The number of fused-ring (bicyclic) bond motifs is 1. The minimum absolute atomic E-state index is 0.0730. The molecule has 202 valence electrons. The summed E-state index contributed by atoms with van der Waals surface area (Å²) in [6, 6.07) is 12.9. The van der Waals surface area contributed by atoms with E-state index in [1.54, 1.807) is 4.90 Å². The van der Waals surface area contributed by atoms with Crippen molar-refractivity contribution in [2.24, 2.45) is 0 Å². The van der Waals surface area contributed by atoms with Gasteiger partial charge in [0.05, 0.1) is 13.0 Å². The van der Waals surface area contributed by atoms with Crippen LogP contribution in [0.3, 0.4) is 0 Å². The molecule has 2 saturated heterocycles. The number of aryl methyl sites for hydroxylation is 1. The molecule has 3 heterocycles. The first-order valence-corrected chi connectivity index (χ1v) is 13.3. The standard InChI is InChI=1S/C28H35N5O5/c1-2-20-3-6-22(7-4-20)30-26(34)16-23-28(36)29-9-10-33(23)27(35)18-32-13-11-31(12-14-32)17-21-5-8-24-25(15-21)38-19-37-24/h3-8,15,23H,2,9-14,16-19H2,1H3,(H,29,36)(H,30,34)/t23-/m1/s1. The molecule has 10 nitrogen and oxygen atoms in total. The Morgan fingerprint density at radius 3 is 2.42 bits per heavy atom. The highest BCUT2D eigenvalue weighted by molar-refractivity contribution is 5.97. The molecule has 5 rings (SSSR count). The maximum atomic E-state index is 13.2. The Hall–Kier alpha value is -3.63. The van der Waals surface area contributed by atoms with Crippen molar-refractivity contribution in [2.75, 3.05) is 57.9 Å². The molecule has 1 atom stereocenters. The summed E-state index contributed by atoms with van der Waals surface area (Å²) in [4.78, 5) is 44.7. The van der Waals surface area contributed by atoms with Crippen molar-refractivity contribution in [1.29, 1.82) is 0 Å². The molecule has 0 aromatic heterocycles. The molecule has 2 aromatic carbocycles. The van der Waals surface area contributed by atoms with Crippen LogP contribution in [0.2, 0.25) is 0 Å². The van der Waals surface area contributed by atoms with Gasteiger partial charge < -0.3 is 25.0 Å². The number of carbonyl (C=O) groups excluding carboxylic acids is 3. The number of piperazine rings is 2. The summed E-state index contributed by atoms with van der Waals surface area (Å²) in [6.45, 7) is 7.37.